The van der Waals surface area contributed by atoms with Gasteiger partial charge in [-0.2, -0.15) is 0 Å². The molecular weight excluding hydrogens is 184 g/mol. The maximum atomic E-state index is 10.4. The summed E-state index contributed by atoms with van der Waals surface area (Å²) in [6.45, 7) is 3.38. The van der Waals surface area contributed by atoms with Crippen molar-refractivity contribution in [2.24, 2.45) is 5.92 Å². The molecule has 0 saturated carbocycles. The lowest BCUT2D eigenvalue weighted by Gasteiger charge is -2.05. The Labute approximate surface area is 83.2 Å². The smallest absolute Gasteiger partial charge is 0.330 e. The Balaban J connectivity index is 3.78. The molecule has 0 aromatic rings. The summed E-state index contributed by atoms with van der Waals surface area (Å²) in [4.78, 5) is 20.7. The molecule has 0 aliphatic heterocycles. The first-order valence-corrected chi connectivity index (χ1v) is 4.55. The van der Waals surface area contributed by atoms with Crippen LogP contribution in [-0.4, -0.2) is 22.2 Å². The van der Waals surface area contributed by atoms with E-state index in [1.807, 2.05) is 6.92 Å². The average Bonchev–Trinajstić information content (AvgIpc) is 2.02. The summed E-state index contributed by atoms with van der Waals surface area (Å²) in [7, 11) is 0. The molecule has 4 nitrogen and oxygen atoms in total. The van der Waals surface area contributed by atoms with Gasteiger partial charge in [0.25, 0.3) is 0 Å². The van der Waals surface area contributed by atoms with Crippen molar-refractivity contribution in [2.45, 2.75) is 33.1 Å². The summed E-state index contributed by atoms with van der Waals surface area (Å²) in [5, 5.41) is 17.0. The molecule has 0 aromatic heterocycles. The van der Waals surface area contributed by atoms with Crippen LogP contribution in [0.5, 0.6) is 0 Å². The predicted molar refractivity (Wildman–Crippen MR) is 52.0 cm³/mol. The molecule has 4 heteroatoms. The zero-order valence-corrected chi connectivity index (χ0v) is 8.49. The van der Waals surface area contributed by atoms with Crippen molar-refractivity contribution >= 4 is 11.9 Å². The Morgan fingerprint density at radius 2 is 1.93 bits per heavy atom. The number of hydrogen-bond donors (Lipinski definition) is 2. The maximum Gasteiger partial charge on any atom is 0.330 e. The van der Waals surface area contributed by atoms with Gasteiger partial charge in [0.05, 0.1) is 0 Å². The SMILES string of the molecule is C/C(=C\CCC(C)CC(=O)O)C(=O)O. The van der Waals surface area contributed by atoms with Crippen LogP contribution in [0.25, 0.3) is 0 Å². The highest BCUT2D eigenvalue weighted by molar-refractivity contribution is 5.85. The van der Waals surface area contributed by atoms with Crippen molar-refractivity contribution in [1.29, 1.82) is 0 Å². The second-order valence-corrected chi connectivity index (χ2v) is 3.47. The van der Waals surface area contributed by atoms with Gasteiger partial charge in [0.15, 0.2) is 0 Å². The Kier molecular flexibility index (Phi) is 5.60. The molecule has 0 radical (unpaired) electrons. The lowest BCUT2D eigenvalue weighted by Crippen LogP contribution is -2.04. The minimum atomic E-state index is -0.920. The van der Waals surface area contributed by atoms with E-state index >= 15 is 0 Å². The number of carboxylic acids is 2. The molecule has 0 aliphatic rings. The monoisotopic (exact) mass is 200 g/mol. The molecule has 0 spiro atoms. The lowest BCUT2D eigenvalue weighted by molar-refractivity contribution is -0.138. The fourth-order valence-corrected chi connectivity index (χ4v) is 1.07. The molecule has 14 heavy (non-hydrogen) atoms. The van der Waals surface area contributed by atoms with Gasteiger partial charge in [0.2, 0.25) is 0 Å². The van der Waals surface area contributed by atoms with Crippen LogP contribution in [0.4, 0.5) is 0 Å². The zero-order valence-electron chi connectivity index (χ0n) is 8.49. The number of rotatable bonds is 6. The average molecular weight is 200 g/mol. The summed E-state index contributed by atoms with van der Waals surface area (Å²) in [6, 6.07) is 0. The Hall–Kier alpha value is -1.32. The van der Waals surface area contributed by atoms with E-state index in [9.17, 15) is 9.59 Å². The van der Waals surface area contributed by atoms with Crippen molar-refractivity contribution in [1.82, 2.24) is 0 Å². The topological polar surface area (TPSA) is 74.6 Å². The second-order valence-electron chi connectivity index (χ2n) is 3.47. The molecule has 80 valence electrons. The largest absolute Gasteiger partial charge is 0.481 e. The van der Waals surface area contributed by atoms with E-state index in [-0.39, 0.29) is 12.3 Å². The summed E-state index contributed by atoms with van der Waals surface area (Å²) < 4.78 is 0. The first kappa shape index (κ1) is 12.7. The molecule has 0 aliphatic carbocycles. The highest BCUT2D eigenvalue weighted by Gasteiger charge is 2.06. The van der Waals surface area contributed by atoms with Crippen molar-refractivity contribution < 1.29 is 19.8 Å². The fraction of sp³-hybridized carbons (Fsp3) is 0.600. The van der Waals surface area contributed by atoms with Gasteiger partial charge in [0.1, 0.15) is 0 Å². The van der Waals surface area contributed by atoms with E-state index in [1.165, 1.54) is 6.92 Å². The Morgan fingerprint density at radius 1 is 1.36 bits per heavy atom. The first-order valence-electron chi connectivity index (χ1n) is 4.55. The molecule has 0 rings (SSSR count). The second kappa shape index (κ2) is 6.18. The molecule has 0 aromatic carbocycles. The standard InChI is InChI=1S/C10H16O4/c1-7(6-9(11)12)4-3-5-8(2)10(13)14/h5,7H,3-4,6H2,1-2H3,(H,11,12)(H,13,14)/b8-5+. The van der Waals surface area contributed by atoms with Crippen LogP contribution in [-0.2, 0) is 9.59 Å². The minimum absolute atomic E-state index is 0.0883. The summed E-state index contributed by atoms with van der Waals surface area (Å²) in [6.07, 6.45) is 3.09. The van der Waals surface area contributed by atoms with Crippen LogP contribution in [0.1, 0.15) is 33.1 Å². The van der Waals surface area contributed by atoms with Gasteiger partial charge >= 0.3 is 11.9 Å². The summed E-state index contributed by atoms with van der Waals surface area (Å²) >= 11 is 0. The third kappa shape index (κ3) is 6.22. The van der Waals surface area contributed by atoms with Crippen LogP contribution in [0.2, 0.25) is 0 Å². The van der Waals surface area contributed by atoms with Gasteiger partial charge in [0, 0.05) is 12.0 Å². The number of aliphatic carboxylic acids is 2. The van der Waals surface area contributed by atoms with Crippen LogP contribution >= 0.6 is 0 Å². The predicted octanol–water partition coefficient (Wildman–Crippen LogP) is 1.91. The van der Waals surface area contributed by atoms with Gasteiger partial charge in [-0.1, -0.05) is 13.0 Å². The Bertz CT molecular complexity index is 243. The maximum absolute atomic E-state index is 10.4. The molecule has 0 bridgehead atoms. The highest BCUT2D eigenvalue weighted by Crippen LogP contribution is 2.11. The third-order valence-electron chi connectivity index (χ3n) is 1.97. The number of carbonyl (C=O) groups is 2. The Morgan fingerprint density at radius 3 is 2.36 bits per heavy atom. The third-order valence-corrected chi connectivity index (χ3v) is 1.97. The van der Waals surface area contributed by atoms with Crippen LogP contribution < -0.4 is 0 Å². The van der Waals surface area contributed by atoms with Crippen molar-refractivity contribution in [3.05, 3.63) is 11.6 Å². The summed E-state index contributed by atoms with van der Waals surface area (Å²) in [5.41, 5.74) is 0.313. The van der Waals surface area contributed by atoms with Gasteiger partial charge in [-0.3, -0.25) is 4.79 Å². The van der Waals surface area contributed by atoms with Crippen molar-refractivity contribution in [2.75, 3.05) is 0 Å². The van der Waals surface area contributed by atoms with E-state index in [4.69, 9.17) is 10.2 Å². The van der Waals surface area contributed by atoms with Crippen LogP contribution in [0.15, 0.2) is 11.6 Å². The normalized spacial score (nSPS) is 13.7. The zero-order chi connectivity index (χ0) is 11.1. The molecular formula is C10H16O4. The molecule has 1 atom stereocenters. The molecule has 0 saturated heterocycles. The quantitative estimate of drug-likeness (QED) is 0.642. The van der Waals surface area contributed by atoms with Gasteiger partial charge in [-0.25, -0.2) is 4.79 Å². The molecule has 2 N–H and O–H groups in total. The number of allylic oxidation sites excluding steroid dienone is 1. The van der Waals surface area contributed by atoms with Crippen LogP contribution in [0, 0.1) is 5.92 Å². The van der Waals surface area contributed by atoms with E-state index in [2.05, 4.69) is 0 Å². The van der Waals surface area contributed by atoms with Gasteiger partial charge in [-0.15, -0.1) is 0 Å². The minimum Gasteiger partial charge on any atom is -0.481 e. The number of carboxylic acid groups (broad SMARTS) is 2. The van der Waals surface area contributed by atoms with Gasteiger partial charge in [-0.05, 0) is 25.7 Å². The first-order chi connectivity index (χ1) is 6.43. The van der Waals surface area contributed by atoms with E-state index in [1.54, 1.807) is 6.08 Å². The summed E-state index contributed by atoms with van der Waals surface area (Å²) in [5.74, 6) is -1.64. The number of hydrogen-bond acceptors (Lipinski definition) is 2. The molecule has 0 heterocycles. The molecule has 1 unspecified atom stereocenters. The van der Waals surface area contributed by atoms with Gasteiger partial charge < -0.3 is 10.2 Å². The molecule has 0 fully saturated rings. The van der Waals surface area contributed by atoms with Crippen LogP contribution in [0.3, 0.4) is 0 Å². The van der Waals surface area contributed by atoms with E-state index in [0.717, 1.165) is 0 Å². The van der Waals surface area contributed by atoms with E-state index in [0.29, 0.717) is 18.4 Å². The lowest BCUT2D eigenvalue weighted by atomic mass is 10.0. The highest BCUT2D eigenvalue weighted by atomic mass is 16.4. The fourth-order valence-electron chi connectivity index (χ4n) is 1.07. The van der Waals surface area contributed by atoms with E-state index < -0.39 is 11.9 Å². The van der Waals surface area contributed by atoms with Crippen molar-refractivity contribution in [3.8, 4) is 0 Å². The van der Waals surface area contributed by atoms with Crippen molar-refractivity contribution in [3.63, 3.8) is 0 Å². The molecule has 0 amide bonds.